The van der Waals surface area contributed by atoms with Crippen molar-refractivity contribution in [3.05, 3.63) is 50.9 Å². The van der Waals surface area contributed by atoms with Crippen LogP contribution in [-0.4, -0.2) is 11.9 Å². The Morgan fingerprint density at radius 2 is 2.05 bits per heavy atom. The molecule has 0 amide bonds. The van der Waals surface area contributed by atoms with E-state index in [4.69, 9.17) is 10.5 Å². The Balaban J connectivity index is 1.63. The van der Waals surface area contributed by atoms with Crippen LogP contribution in [0.1, 0.15) is 5.56 Å². The number of nitrogen functional groups attached to an aromatic ring is 1. The molecular formula is C15H13Br2NOS. The Bertz CT molecular complexity index is 648. The molecule has 5 heteroatoms. The number of halogens is 2. The van der Waals surface area contributed by atoms with Gasteiger partial charge in [0, 0.05) is 31.7 Å². The molecule has 2 aromatic carbocycles. The van der Waals surface area contributed by atoms with E-state index in [0.717, 1.165) is 32.6 Å². The van der Waals surface area contributed by atoms with E-state index < -0.39 is 0 Å². The van der Waals surface area contributed by atoms with Crippen molar-refractivity contribution in [3.63, 3.8) is 0 Å². The fraction of sp³-hybridized carbons (Fsp3) is 0.200. The Labute approximate surface area is 139 Å². The number of ether oxygens (including phenoxy) is 1. The van der Waals surface area contributed by atoms with Crippen molar-refractivity contribution in [2.24, 2.45) is 0 Å². The number of thioether (sulfide) groups is 1. The maximum atomic E-state index is 5.97. The molecule has 2 nitrogen and oxygen atoms in total. The standard InChI is InChI=1S/C15H13Br2NOS/c16-10-1-3-14-9(5-10)6-12(19-14)8-20-15-4-2-11(18)7-13(15)17/h1-5,7,12H,6,8,18H2. The molecule has 0 aromatic heterocycles. The van der Waals surface area contributed by atoms with E-state index in [-0.39, 0.29) is 6.10 Å². The largest absolute Gasteiger partial charge is 0.489 e. The van der Waals surface area contributed by atoms with Gasteiger partial charge >= 0.3 is 0 Å². The second-order valence-corrected chi connectivity index (χ2v) is 7.53. The van der Waals surface area contributed by atoms with E-state index in [1.54, 1.807) is 11.8 Å². The third kappa shape index (κ3) is 3.15. The summed E-state index contributed by atoms with van der Waals surface area (Å²) in [7, 11) is 0. The van der Waals surface area contributed by atoms with Crippen LogP contribution in [0.15, 0.2) is 50.2 Å². The Morgan fingerprint density at radius 1 is 1.20 bits per heavy atom. The first-order chi connectivity index (χ1) is 9.61. The lowest BCUT2D eigenvalue weighted by molar-refractivity contribution is 0.259. The third-order valence-corrected chi connectivity index (χ3v) is 5.76. The van der Waals surface area contributed by atoms with E-state index in [0.29, 0.717) is 0 Å². The van der Waals surface area contributed by atoms with E-state index >= 15 is 0 Å². The second kappa shape index (κ2) is 6.00. The molecule has 0 aliphatic carbocycles. The van der Waals surface area contributed by atoms with Crippen LogP contribution in [0, 0.1) is 0 Å². The van der Waals surface area contributed by atoms with Gasteiger partial charge in [0.05, 0.1) is 0 Å². The first kappa shape index (κ1) is 14.3. The lowest BCUT2D eigenvalue weighted by Gasteiger charge is -2.11. The van der Waals surface area contributed by atoms with Gasteiger partial charge in [-0.25, -0.2) is 0 Å². The van der Waals surface area contributed by atoms with Crippen LogP contribution < -0.4 is 10.5 Å². The van der Waals surface area contributed by atoms with Gasteiger partial charge in [0.15, 0.2) is 0 Å². The van der Waals surface area contributed by atoms with Crippen LogP contribution in [0.2, 0.25) is 0 Å². The molecule has 1 aliphatic heterocycles. The van der Waals surface area contributed by atoms with Gasteiger partial charge in [-0.1, -0.05) is 15.9 Å². The number of hydrogen-bond acceptors (Lipinski definition) is 3. The Kier molecular flexibility index (Phi) is 4.29. The minimum atomic E-state index is 0.230. The molecule has 2 aromatic rings. The van der Waals surface area contributed by atoms with Gasteiger partial charge in [0.2, 0.25) is 0 Å². The van der Waals surface area contributed by atoms with Gasteiger partial charge in [0.1, 0.15) is 11.9 Å². The lowest BCUT2D eigenvalue weighted by atomic mass is 10.1. The maximum absolute atomic E-state index is 5.97. The fourth-order valence-electron chi connectivity index (χ4n) is 2.20. The summed E-state index contributed by atoms with van der Waals surface area (Å²) in [6.07, 6.45) is 1.20. The van der Waals surface area contributed by atoms with Crippen LogP contribution in [0.25, 0.3) is 0 Å². The van der Waals surface area contributed by atoms with Gasteiger partial charge in [-0.2, -0.15) is 0 Å². The summed E-state index contributed by atoms with van der Waals surface area (Å²) in [6.45, 7) is 0. The van der Waals surface area contributed by atoms with Gasteiger partial charge in [-0.05, 0) is 57.9 Å². The fourth-order valence-corrected chi connectivity index (χ4v) is 4.26. The monoisotopic (exact) mass is 413 g/mol. The summed E-state index contributed by atoms with van der Waals surface area (Å²) in [5, 5.41) is 0. The zero-order valence-corrected chi connectivity index (χ0v) is 14.6. The maximum Gasteiger partial charge on any atom is 0.123 e. The topological polar surface area (TPSA) is 35.2 Å². The van der Waals surface area contributed by atoms with Crippen LogP contribution >= 0.6 is 43.6 Å². The van der Waals surface area contributed by atoms with Crippen molar-refractivity contribution < 1.29 is 4.74 Å². The number of hydrogen-bond donors (Lipinski definition) is 1. The quantitative estimate of drug-likeness (QED) is 0.573. The van der Waals surface area contributed by atoms with Crippen LogP contribution in [0.4, 0.5) is 5.69 Å². The van der Waals surface area contributed by atoms with Crippen LogP contribution in [-0.2, 0) is 6.42 Å². The van der Waals surface area contributed by atoms with Crippen LogP contribution in [0.5, 0.6) is 5.75 Å². The molecule has 0 fully saturated rings. The number of nitrogens with two attached hydrogens (primary N) is 1. The molecule has 0 radical (unpaired) electrons. The smallest absolute Gasteiger partial charge is 0.123 e. The predicted octanol–water partition coefficient (Wildman–Crippen LogP) is 4.89. The van der Waals surface area contributed by atoms with Crippen LogP contribution in [0.3, 0.4) is 0 Å². The molecule has 0 bridgehead atoms. The molecule has 3 rings (SSSR count). The zero-order chi connectivity index (χ0) is 14.1. The normalized spacial score (nSPS) is 16.8. The minimum absolute atomic E-state index is 0.230. The molecule has 1 heterocycles. The SMILES string of the molecule is Nc1ccc(SCC2Cc3cc(Br)ccc3O2)c(Br)c1. The van der Waals surface area contributed by atoms with Gasteiger partial charge < -0.3 is 10.5 Å². The number of rotatable bonds is 3. The van der Waals surface area contributed by atoms with Crippen molar-refractivity contribution in [3.8, 4) is 5.75 Å². The molecule has 104 valence electrons. The average molecular weight is 415 g/mol. The molecule has 1 aliphatic rings. The first-order valence-corrected chi connectivity index (χ1v) is 8.82. The molecule has 20 heavy (non-hydrogen) atoms. The molecule has 0 saturated heterocycles. The molecular weight excluding hydrogens is 402 g/mol. The van der Waals surface area contributed by atoms with Crippen molar-refractivity contribution in [2.45, 2.75) is 17.4 Å². The third-order valence-electron chi connectivity index (χ3n) is 3.14. The zero-order valence-electron chi connectivity index (χ0n) is 10.6. The summed E-state index contributed by atoms with van der Waals surface area (Å²) < 4.78 is 8.11. The number of benzene rings is 2. The highest BCUT2D eigenvalue weighted by Crippen LogP contribution is 2.35. The van der Waals surface area contributed by atoms with E-state index in [1.807, 2.05) is 30.3 Å². The lowest BCUT2D eigenvalue weighted by Crippen LogP contribution is -2.15. The minimum Gasteiger partial charge on any atom is -0.489 e. The summed E-state index contributed by atoms with van der Waals surface area (Å²) in [4.78, 5) is 1.19. The highest BCUT2D eigenvalue weighted by atomic mass is 79.9. The summed E-state index contributed by atoms with van der Waals surface area (Å²) in [6, 6.07) is 12.1. The number of anilines is 1. The molecule has 0 spiro atoms. The highest BCUT2D eigenvalue weighted by Gasteiger charge is 2.23. The Hall–Kier alpha value is -0.650. The predicted molar refractivity (Wildman–Crippen MR) is 91.5 cm³/mol. The van der Waals surface area contributed by atoms with E-state index in [9.17, 15) is 0 Å². The van der Waals surface area contributed by atoms with Crippen molar-refractivity contribution >= 4 is 49.3 Å². The van der Waals surface area contributed by atoms with Gasteiger partial charge in [-0.3, -0.25) is 0 Å². The summed E-state index contributed by atoms with van der Waals surface area (Å²) in [5.74, 6) is 1.93. The first-order valence-electron chi connectivity index (χ1n) is 6.25. The van der Waals surface area contributed by atoms with E-state index in [2.05, 4.69) is 37.9 Å². The Morgan fingerprint density at radius 3 is 2.85 bits per heavy atom. The summed E-state index contributed by atoms with van der Waals surface area (Å²) in [5.41, 5.74) is 7.80. The molecule has 1 unspecified atom stereocenters. The van der Waals surface area contributed by atoms with Crippen molar-refractivity contribution in [2.75, 3.05) is 11.5 Å². The molecule has 2 N–H and O–H groups in total. The van der Waals surface area contributed by atoms with Gasteiger partial charge in [-0.15, -0.1) is 11.8 Å². The molecule has 0 saturated carbocycles. The van der Waals surface area contributed by atoms with E-state index in [1.165, 1.54) is 10.5 Å². The van der Waals surface area contributed by atoms with Crippen molar-refractivity contribution in [1.29, 1.82) is 0 Å². The van der Waals surface area contributed by atoms with Gasteiger partial charge in [0.25, 0.3) is 0 Å². The van der Waals surface area contributed by atoms with Crippen molar-refractivity contribution in [1.82, 2.24) is 0 Å². The number of fused-ring (bicyclic) bond motifs is 1. The second-order valence-electron chi connectivity index (χ2n) is 4.70. The molecule has 1 atom stereocenters. The highest BCUT2D eigenvalue weighted by molar-refractivity contribution is 9.10. The average Bonchev–Trinajstić information content (AvgIpc) is 2.79. The summed E-state index contributed by atoms with van der Waals surface area (Å²) >= 11 is 8.83.